The molecule has 4 spiro atoms. The zero-order valence-corrected chi connectivity index (χ0v) is 70.6. The molecule has 112 heavy (non-hydrogen) atoms. The van der Waals surface area contributed by atoms with Gasteiger partial charge < -0.3 is 0 Å². The van der Waals surface area contributed by atoms with Crippen molar-refractivity contribution in [1.82, 2.24) is 0 Å². The minimum atomic E-state index is -1.33. The van der Waals surface area contributed by atoms with E-state index in [4.69, 9.17) is 5.48 Å². The third-order valence-corrected chi connectivity index (χ3v) is 29.3. The summed E-state index contributed by atoms with van der Waals surface area (Å²) in [5.74, 6) is 0. The molecule has 0 saturated heterocycles. The van der Waals surface area contributed by atoms with Crippen molar-refractivity contribution in [2.24, 2.45) is 49.9 Å². The Kier molecular flexibility index (Phi) is 17.9. The standard InChI is InChI=1S/2C28H34N.2C26H30N/c1-19-16-20(2)21(3)24(17-19)27-23-12-15-28(13-8-5-9-14-28)18-25(23)22-10-6-7-11-26(22)29(27)4;1-19-16-20(2)21(3)25(17-19)27-11-9-24-23-12-15-28(13-6-5-7-14-28)18-22(23)8-10-26(24)29(27)4;1-17-13-18(2)19(3)22(14-17)25-10-8-21-23-16-26(11-5-6-12-26)15-20(23)7-9-24(21)27(25)4;1-17-11-18(2)19(3)23(12-17)24-8-7-20-13-21-15-26(9-5-6-10-26)16-22(21)14-25(20)27(24)4/h6-7,10-11,16-17H,5,8-9,12-15,18H2,1-4H3;8-11,16-17H,5-7,12-15,18H2,1-4H3;7-10,13-14H,5-6,11-12,15-16H2,1-4H3;7-8,11-14H,5-6,9-10,15-16H2,1-4H3/q4*+1/i12D2;18D2;15D2;16D2. The zero-order valence-electron chi connectivity index (χ0n) is 78.6. The Morgan fingerprint density at radius 3 is 1.23 bits per heavy atom. The van der Waals surface area contributed by atoms with Gasteiger partial charge >= 0.3 is 0 Å². The average Bonchev–Trinajstić information content (AvgIpc) is 1.69. The number of hydrogen-bond acceptors (Lipinski definition) is 0. The van der Waals surface area contributed by atoms with E-state index in [1.165, 1.54) is 218 Å². The number of benzene rings is 8. The van der Waals surface area contributed by atoms with Crippen LogP contribution in [-0.4, -0.2) is 0 Å². The molecular formula is C108H128N4+4. The van der Waals surface area contributed by atoms with E-state index in [1.807, 2.05) is 0 Å². The maximum absolute atomic E-state index is 9.36. The van der Waals surface area contributed by atoms with Gasteiger partial charge in [-0.2, -0.15) is 18.3 Å². The largest absolute Gasteiger partial charge is 0.216 e. The summed E-state index contributed by atoms with van der Waals surface area (Å²) in [6.45, 7) is 26.1. The first-order valence-electron chi connectivity index (χ1n) is 47.1. The number of pyridine rings is 4. The van der Waals surface area contributed by atoms with E-state index in [1.54, 1.807) is 0 Å². The minimum absolute atomic E-state index is 0.117. The van der Waals surface area contributed by atoms with E-state index >= 15 is 0 Å². The summed E-state index contributed by atoms with van der Waals surface area (Å²) in [6, 6.07) is 53.0. The number of para-hydroxylation sites is 1. The monoisotopic (exact) mass is 1490 g/mol. The molecule has 8 aromatic carbocycles. The van der Waals surface area contributed by atoms with Crippen LogP contribution in [0.2, 0.25) is 0 Å². The smallest absolute Gasteiger partial charge is 0.194 e. The molecule has 8 aliphatic rings. The van der Waals surface area contributed by atoms with Crippen LogP contribution in [0.25, 0.3) is 88.6 Å². The third kappa shape index (κ3) is 13.9. The summed E-state index contributed by atoms with van der Waals surface area (Å²) >= 11 is 0. The van der Waals surface area contributed by atoms with E-state index in [-0.39, 0.29) is 21.7 Å². The highest BCUT2D eigenvalue weighted by Gasteiger charge is 2.44. The first kappa shape index (κ1) is 66.8. The fourth-order valence-electron chi connectivity index (χ4n) is 22.6. The van der Waals surface area contributed by atoms with Crippen molar-refractivity contribution in [1.29, 1.82) is 0 Å². The van der Waals surface area contributed by atoms with Gasteiger partial charge in [-0.05, 0) is 358 Å². The number of aryl methyl sites for hydroxylation is 13. The molecule has 0 atom stereocenters. The summed E-state index contributed by atoms with van der Waals surface area (Å²) in [6.07, 6.45) is 20.9. The van der Waals surface area contributed by atoms with Gasteiger partial charge in [-0.15, -0.1) is 0 Å². The molecule has 8 aliphatic carbocycles. The van der Waals surface area contributed by atoms with Crippen LogP contribution in [0.3, 0.4) is 0 Å². The highest BCUT2D eigenvalue weighted by atomic mass is 15.0. The Morgan fingerprint density at radius 1 is 0.286 bits per heavy atom. The lowest BCUT2D eigenvalue weighted by Crippen LogP contribution is -2.38. The molecule has 0 aliphatic heterocycles. The lowest BCUT2D eigenvalue weighted by atomic mass is 9.63. The van der Waals surface area contributed by atoms with Gasteiger partial charge in [0.25, 0.3) is 0 Å². The van der Waals surface area contributed by atoms with Crippen LogP contribution in [0.4, 0.5) is 0 Å². The van der Waals surface area contributed by atoms with Crippen LogP contribution in [-0.2, 0) is 79.4 Å². The van der Waals surface area contributed by atoms with Crippen LogP contribution in [0.15, 0.2) is 146 Å². The molecule has 20 rings (SSSR count). The second-order valence-corrected chi connectivity index (χ2v) is 36.9. The quantitative estimate of drug-likeness (QED) is 0.156. The van der Waals surface area contributed by atoms with E-state index in [0.717, 1.165) is 130 Å². The Labute approximate surface area is 683 Å². The van der Waals surface area contributed by atoms with E-state index < -0.39 is 25.5 Å². The Bertz CT molecular complexity index is 6170. The summed E-state index contributed by atoms with van der Waals surface area (Å²) in [4.78, 5) is 0. The van der Waals surface area contributed by atoms with Crippen molar-refractivity contribution in [2.45, 2.75) is 263 Å². The van der Waals surface area contributed by atoms with Gasteiger partial charge in [-0.3, -0.25) is 0 Å². The van der Waals surface area contributed by atoms with Crippen LogP contribution in [0, 0.1) is 105 Å². The normalized spacial score (nSPS) is 20.9. The van der Waals surface area contributed by atoms with Crippen molar-refractivity contribution in [3.8, 4) is 45.0 Å². The molecular weight excluding hydrogens is 1350 g/mol. The molecule has 576 valence electrons. The molecule has 4 nitrogen and oxygen atoms in total. The lowest BCUT2D eigenvalue weighted by molar-refractivity contribution is -0.634. The van der Waals surface area contributed by atoms with Gasteiger partial charge in [-0.25, -0.2) is 0 Å². The number of fused-ring (bicyclic) bond motifs is 11. The van der Waals surface area contributed by atoms with Crippen LogP contribution in [0.5, 0.6) is 0 Å². The predicted octanol–water partition coefficient (Wildman–Crippen LogP) is 25.2. The van der Waals surface area contributed by atoms with E-state index in [0.29, 0.717) is 6.42 Å². The average molecular weight is 1490 g/mol. The highest BCUT2D eigenvalue weighted by molar-refractivity contribution is 5.87. The molecule has 4 heterocycles. The van der Waals surface area contributed by atoms with E-state index in [9.17, 15) is 5.48 Å². The summed E-state index contributed by atoms with van der Waals surface area (Å²) in [5, 5.41) is 4.89. The molecule has 4 aromatic heterocycles. The molecule has 0 radical (unpaired) electrons. The summed E-state index contributed by atoms with van der Waals surface area (Å²) in [5.41, 5.74) is 38.3. The Balaban J connectivity index is 0.000000114. The molecule has 4 saturated carbocycles. The molecule has 12 aromatic rings. The molecule has 0 N–H and O–H groups in total. The van der Waals surface area contributed by atoms with Crippen molar-refractivity contribution in [3.05, 3.63) is 257 Å². The first-order chi connectivity index (χ1) is 57.0. The van der Waals surface area contributed by atoms with Gasteiger partial charge in [0.2, 0.25) is 44.8 Å². The maximum Gasteiger partial charge on any atom is 0.216 e. The van der Waals surface area contributed by atoms with Crippen molar-refractivity contribution >= 4 is 43.6 Å². The number of aromatic nitrogens is 4. The van der Waals surface area contributed by atoms with Gasteiger partial charge in [-0.1, -0.05) is 135 Å². The van der Waals surface area contributed by atoms with Gasteiger partial charge in [0.15, 0.2) is 0 Å². The number of rotatable bonds is 4. The lowest BCUT2D eigenvalue weighted by Gasteiger charge is -2.41. The van der Waals surface area contributed by atoms with Crippen molar-refractivity contribution in [2.75, 3.05) is 0 Å². The van der Waals surface area contributed by atoms with Gasteiger partial charge in [0, 0.05) is 103 Å². The maximum atomic E-state index is 9.36. The second kappa shape index (κ2) is 30.0. The SMILES string of the molecule is [2H]C1([2H])CC2(CCCCC2)Cc2c1c(-c1cc(C)cc(C)c1C)[n+](C)c1ccccc21.[2H]C1([2H])c2cc3c(ccc(-c4cc(C)cc(C)c4C)[n+]3C)cc2CC12CCCC2.[2H]C1([2H])c2ccc3c(ccc(-c4cc(C)cc(C)c4C)[n+]3C)c2CC12CCCC2.[2H]C1([2H])c2ccc3c(ccc(-c4cc(C)cc(C)c4C)[n+]3C)c2CCC12CCCCC2. The molecule has 4 fully saturated rings. The molecule has 0 amide bonds. The number of hydrogen-bond donors (Lipinski definition) is 0. The molecule has 4 heteroatoms. The topological polar surface area (TPSA) is 15.5 Å². The Hall–Kier alpha value is -8.60. The van der Waals surface area contributed by atoms with E-state index in [2.05, 4.69) is 275 Å². The van der Waals surface area contributed by atoms with Gasteiger partial charge in [0.1, 0.15) is 28.2 Å². The molecule has 0 unspecified atom stereocenters. The van der Waals surface area contributed by atoms with Gasteiger partial charge in [0.05, 0.1) is 0 Å². The second-order valence-electron chi connectivity index (χ2n) is 36.9. The van der Waals surface area contributed by atoms with Crippen molar-refractivity contribution < 1.29 is 29.2 Å². The zero-order chi connectivity index (χ0) is 85.0. The fourth-order valence-corrected chi connectivity index (χ4v) is 22.6. The predicted molar refractivity (Wildman–Crippen MR) is 471 cm³/mol. The number of nitrogens with zero attached hydrogens (tertiary/aromatic N) is 4. The summed E-state index contributed by atoms with van der Waals surface area (Å²) in [7, 11) is 8.55. The fraction of sp³-hybridized carbons (Fsp3) is 0.444. The van der Waals surface area contributed by atoms with Crippen LogP contribution in [0.1, 0.15) is 251 Å². The van der Waals surface area contributed by atoms with Crippen LogP contribution >= 0.6 is 0 Å². The Morgan fingerprint density at radius 2 is 0.688 bits per heavy atom. The third-order valence-electron chi connectivity index (χ3n) is 29.3. The summed E-state index contributed by atoms with van der Waals surface area (Å²) < 4.78 is 82.2. The minimum Gasteiger partial charge on any atom is -0.194 e. The highest BCUT2D eigenvalue weighted by Crippen LogP contribution is 2.54. The van der Waals surface area contributed by atoms with Crippen LogP contribution < -0.4 is 18.3 Å². The molecule has 0 bridgehead atoms. The van der Waals surface area contributed by atoms with Crippen molar-refractivity contribution in [3.63, 3.8) is 0 Å². The first-order valence-corrected chi connectivity index (χ1v) is 43.1.